The molecule has 0 saturated heterocycles. The van der Waals surface area contributed by atoms with Crippen molar-refractivity contribution >= 4 is 26.0 Å². The topological polar surface area (TPSA) is 76.3 Å². The van der Waals surface area contributed by atoms with Crippen LogP contribution in [0.15, 0.2) is 38.1 Å². The molecular weight excluding hydrogens is 427 g/mol. The molecular formula is C14H15BrF3N3O3S. The van der Waals surface area contributed by atoms with E-state index in [2.05, 4.69) is 30.5 Å². The van der Waals surface area contributed by atoms with E-state index in [1.165, 1.54) is 19.2 Å². The van der Waals surface area contributed by atoms with E-state index in [1.54, 1.807) is 26.0 Å². The predicted molar refractivity (Wildman–Crippen MR) is 86.0 cm³/mol. The molecule has 0 saturated carbocycles. The Labute approximate surface area is 151 Å². The van der Waals surface area contributed by atoms with Crippen molar-refractivity contribution in [3.63, 3.8) is 0 Å². The summed E-state index contributed by atoms with van der Waals surface area (Å²) in [5, 5.41) is 6.37. The zero-order chi connectivity index (χ0) is 19.0. The van der Waals surface area contributed by atoms with E-state index < -0.39 is 39.9 Å². The molecule has 0 spiro atoms. The summed E-state index contributed by atoms with van der Waals surface area (Å²) >= 11 is 3.21. The van der Waals surface area contributed by atoms with Gasteiger partial charge in [-0.15, -0.1) is 10.2 Å². The van der Waals surface area contributed by atoms with Crippen molar-refractivity contribution in [2.45, 2.75) is 31.0 Å². The van der Waals surface area contributed by atoms with Gasteiger partial charge in [-0.05, 0) is 30.2 Å². The molecule has 0 bridgehead atoms. The largest absolute Gasteiger partial charge is 0.470 e. The van der Waals surface area contributed by atoms with Crippen molar-refractivity contribution in [3.05, 3.63) is 40.5 Å². The first-order valence-corrected chi connectivity index (χ1v) is 9.32. The number of rotatable bonds is 5. The molecule has 0 amide bonds. The van der Waals surface area contributed by atoms with Gasteiger partial charge in [0.05, 0.1) is 4.90 Å². The van der Waals surface area contributed by atoms with E-state index in [1.807, 2.05) is 0 Å². The van der Waals surface area contributed by atoms with Crippen LogP contribution in [-0.4, -0.2) is 30.0 Å². The lowest BCUT2D eigenvalue weighted by molar-refractivity contribution is -0.157. The Morgan fingerprint density at radius 1 is 1.16 bits per heavy atom. The molecule has 0 aliphatic heterocycles. The second-order valence-electron chi connectivity index (χ2n) is 5.61. The van der Waals surface area contributed by atoms with Crippen molar-refractivity contribution in [2.75, 3.05) is 7.05 Å². The van der Waals surface area contributed by atoms with Crippen LogP contribution in [0.5, 0.6) is 0 Å². The van der Waals surface area contributed by atoms with E-state index in [4.69, 9.17) is 0 Å². The van der Waals surface area contributed by atoms with Gasteiger partial charge >= 0.3 is 12.1 Å². The summed E-state index contributed by atoms with van der Waals surface area (Å²) in [6, 6.07) is 4.85. The van der Waals surface area contributed by atoms with Gasteiger partial charge in [0.25, 0.3) is 0 Å². The molecule has 0 aliphatic carbocycles. The van der Waals surface area contributed by atoms with E-state index in [-0.39, 0.29) is 4.90 Å². The van der Waals surface area contributed by atoms with Gasteiger partial charge in [0.15, 0.2) is 0 Å². The van der Waals surface area contributed by atoms with Crippen LogP contribution in [0.2, 0.25) is 0 Å². The Morgan fingerprint density at radius 3 is 2.16 bits per heavy atom. The van der Waals surface area contributed by atoms with Gasteiger partial charge in [-0.3, -0.25) is 0 Å². The predicted octanol–water partition coefficient (Wildman–Crippen LogP) is 3.87. The van der Waals surface area contributed by atoms with E-state index in [9.17, 15) is 21.6 Å². The molecule has 1 aromatic heterocycles. The molecule has 0 radical (unpaired) electrons. The first-order valence-electron chi connectivity index (χ1n) is 7.08. The molecule has 2 rings (SSSR count). The number of halogens is 4. The van der Waals surface area contributed by atoms with Crippen LogP contribution >= 0.6 is 15.9 Å². The molecule has 0 unspecified atom stereocenters. The zero-order valence-electron chi connectivity index (χ0n) is 13.5. The van der Waals surface area contributed by atoms with Gasteiger partial charge in [-0.2, -0.15) is 17.5 Å². The van der Waals surface area contributed by atoms with Crippen molar-refractivity contribution in [1.82, 2.24) is 14.5 Å². The molecule has 1 aromatic carbocycles. The highest BCUT2D eigenvalue weighted by molar-refractivity contribution is 9.10. The molecule has 1 atom stereocenters. The summed E-state index contributed by atoms with van der Waals surface area (Å²) in [6.07, 6.45) is -4.80. The van der Waals surface area contributed by atoms with Crippen LogP contribution < -0.4 is 0 Å². The first kappa shape index (κ1) is 19.9. The van der Waals surface area contributed by atoms with Crippen LogP contribution in [-0.2, 0) is 16.2 Å². The maximum Gasteiger partial charge on any atom is 0.470 e. The fraction of sp³-hybridized carbons (Fsp3) is 0.429. The van der Waals surface area contributed by atoms with Crippen LogP contribution in [0.3, 0.4) is 0 Å². The van der Waals surface area contributed by atoms with Crippen LogP contribution in [0.4, 0.5) is 13.2 Å². The van der Waals surface area contributed by atoms with Crippen molar-refractivity contribution in [3.8, 4) is 0 Å². The third kappa shape index (κ3) is 4.21. The molecule has 138 valence electrons. The van der Waals surface area contributed by atoms with Crippen molar-refractivity contribution in [2.24, 2.45) is 5.92 Å². The molecule has 11 heteroatoms. The van der Waals surface area contributed by atoms with E-state index in [0.717, 1.165) is 4.31 Å². The summed E-state index contributed by atoms with van der Waals surface area (Å²) in [6.45, 7) is 3.30. The van der Waals surface area contributed by atoms with Crippen molar-refractivity contribution in [1.29, 1.82) is 0 Å². The normalized spacial score (nSPS) is 14.3. The standard InChI is InChI=1S/C14H15BrF3N3O3S/c1-8(2)11(12-19-20-13(24-12)14(16,17)18)21(3)25(22,23)10-6-4-9(15)5-7-10/h4-8,11H,1-3H3/t11-/m0/s1. The lowest BCUT2D eigenvalue weighted by Gasteiger charge is -2.27. The fourth-order valence-corrected chi connectivity index (χ4v) is 3.96. The fourth-order valence-electron chi connectivity index (χ4n) is 2.25. The smallest absolute Gasteiger partial charge is 0.416 e. The molecule has 0 aliphatic rings. The number of aromatic nitrogens is 2. The highest BCUT2D eigenvalue weighted by Crippen LogP contribution is 2.34. The maximum atomic E-state index is 12.8. The average Bonchev–Trinajstić information content (AvgIpc) is 2.97. The minimum Gasteiger partial charge on any atom is -0.416 e. The molecule has 1 heterocycles. The van der Waals surface area contributed by atoms with Crippen molar-refractivity contribution < 1.29 is 26.0 Å². The number of sulfonamides is 1. The first-order chi connectivity index (χ1) is 11.4. The third-order valence-electron chi connectivity index (χ3n) is 3.45. The Kier molecular flexibility index (Phi) is 5.59. The zero-order valence-corrected chi connectivity index (χ0v) is 15.9. The quantitative estimate of drug-likeness (QED) is 0.703. The minimum absolute atomic E-state index is 0.000546. The lowest BCUT2D eigenvalue weighted by Crippen LogP contribution is -2.34. The third-order valence-corrected chi connectivity index (χ3v) is 5.83. The highest BCUT2D eigenvalue weighted by Gasteiger charge is 2.41. The van der Waals surface area contributed by atoms with E-state index >= 15 is 0 Å². The minimum atomic E-state index is -4.80. The van der Waals surface area contributed by atoms with Crippen LogP contribution in [0.25, 0.3) is 0 Å². The Bertz CT molecular complexity index is 835. The Hall–Kier alpha value is -1.46. The Morgan fingerprint density at radius 2 is 1.72 bits per heavy atom. The van der Waals surface area contributed by atoms with Crippen LogP contribution in [0, 0.1) is 5.92 Å². The van der Waals surface area contributed by atoms with Crippen LogP contribution in [0.1, 0.15) is 31.7 Å². The SMILES string of the molecule is CC(C)[C@@H](c1nnc(C(F)(F)F)o1)N(C)S(=O)(=O)c1ccc(Br)cc1. The number of nitrogens with zero attached hydrogens (tertiary/aromatic N) is 3. The molecule has 0 N–H and O–H groups in total. The second-order valence-corrected chi connectivity index (χ2v) is 8.52. The summed E-state index contributed by atoms with van der Waals surface area (Å²) in [5.41, 5.74) is 0. The van der Waals surface area contributed by atoms with Gasteiger partial charge in [-0.1, -0.05) is 29.8 Å². The highest BCUT2D eigenvalue weighted by atomic mass is 79.9. The molecule has 0 fully saturated rings. The second kappa shape index (κ2) is 7.04. The lowest BCUT2D eigenvalue weighted by atomic mass is 10.1. The number of hydrogen-bond donors (Lipinski definition) is 0. The van der Waals surface area contributed by atoms with Gasteiger partial charge in [0, 0.05) is 11.5 Å². The molecule has 6 nitrogen and oxygen atoms in total. The molecule has 2 aromatic rings. The maximum absolute atomic E-state index is 12.8. The monoisotopic (exact) mass is 441 g/mol. The summed E-state index contributed by atoms with van der Waals surface area (Å²) < 4.78 is 69.9. The average molecular weight is 442 g/mol. The summed E-state index contributed by atoms with van der Waals surface area (Å²) in [7, 11) is -2.71. The number of hydrogen-bond acceptors (Lipinski definition) is 5. The number of alkyl halides is 3. The van der Waals surface area contributed by atoms with Gasteiger partial charge in [0.1, 0.15) is 6.04 Å². The summed E-state index contributed by atoms with van der Waals surface area (Å²) in [5.74, 6) is -2.33. The summed E-state index contributed by atoms with van der Waals surface area (Å²) in [4.78, 5) is -0.000546. The van der Waals surface area contributed by atoms with E-state index in [0.29, 0.717) is 4.47 Å². The number of benzene rings is 1. The Balaban J connectivity index is 2.43. The molecule has 25 heavy (non-hydrogen) atoms. The van der Waals surface area contributed by atoms with Gasteiger partial charge in [0.2, 0.25) is 15.9 Å². The van der Waals surface area contributed by atoms with Gasteiger partial charge in [-0.25, -0.2) is 8.42 Å². The van der Waals surface area contributed by atoms with Gasteiger partial charge < -0.3 is 4.42 Å².